The van der Waals surface area contributed by atoms with E-state index in [0.29, 0.717) is 6.61 Å². The molecule has 3 aromatic carbocycles. The molecule has 0 aromatic heterocycles. The molecule has 0 unspecified atom stereocenters. The van der Waals surface area contributed by atoms with Crippen molar-refractivity contribution in [3.8, 4) is 5.75 Å². The van der Waals surface area contributed by atoms with Crippen LogP contribution in [0.2, 0.25) is 0 Å². The van der Waals surface area contributed by atoms with E-state index in [4.69, 9.17) is 4.74 Å². The van der Waals surface area contributed by atoms with E-state index >= 15 is 0 Å². The van der Waals surface area contributed by atoms with E-state index < -0.39 is 0 Å². The molecule has 0 aliphatic carbocycles. The van der Waals surface area contributed by atoms with Crippen LogP contribution < -0.4 is 10.1 Å². The van der Waals surface area contributed by atoms with Gasteiger partial charge in [0.15, 0.2) is 0 Å². The Morgan fingerprint density at radius 1 is 0.767 bits per heavy atom. The molecule has 1 fully saturated rings. The summed E-state index contributed by atoms with van der Waals surface area (Å²) in [6, 6.07) is 29.4. The average molecular weight is 401 g/mol. The molecule has 3 aromatic rings. The van der Waals surface area contributed by atoms with Gasteiger partial charge in [0.05, 0.1) is 0 Å². The molecule has 1 aliphatic rings. The molecular weight excluding hydrogens is 368 g/mol. The first kappa shape index (κ1) is 20.5. The second-order valence-corrected chi connectivity index (χ2v) is 8.22. The number of hydrogen-bond donors (Lipinski definition) is 1. The van der Waals surface area contributed by atoms with Crippen LogP contribution >= 0.6 is 0 Å². The lowest BCUT2D eigenvalue weighted by Crippen LogP contribution is -2.33. The number of likely N-dealkylation sites (tertiary alicyclic amines) is 1. The molecule has 1 N–H and O–H groups in total. The van der Waals surface area contributed by atoms with Gasteiger partial charge in [-0.15, -0.1) is 0 Å². The monoisotopic (exact) mass is 400 g/mol. The number of ether oxygens (including phenoxy) is 1. The fourth-order valence-electron chi connectivity index (χ4n) is 4.11. The van der Waals surface area contributed by atoms with E-state index in [0.717, 1.165) is 24.8 Å². The summed E-state index contributed by atoms with van der Waals surface area (Å²) in [5.41, 5.74) is 3.78. The van der Waals surface area contributed by atoms with Gasteiger partial charge in [-0.25, -0.2) is 0 Å². The van der Waals surface area contributed by atoms with Crippen LogP contribution in [-0.2, 0) is 13.2 Å². The maximum atomic E-state index is 5.87. The molecule has 4 rings (SSSR count). The maximum Gasteiger partial charge on any atom is 0.119 e. The van der Waals surface area contributed by atoms with Crippen molar-refractivity contribution in [2.75, 3.05) is 25.0 Å². The van der Waals surface area contributed by atoms with Gasteiger partial charge in [0.2, 0.25) is 0 Å². The van der Waals surface area contributed by atoms with Crippen molar-refractivity contribution in [3.05, 3.63) is 96.1 Å². The summed E-state index contributed by atoms with van der Waals surface area (Å²) in [5.74, 6) is 1.74. The third-order valence-electron chi connectivity index (χ3n) is 5.94. The summed E-state index contributed by atoms with van der Waals surface area (Å²) in [5, 5.41) is 3.57. The number of rotatable bonds is 9. The normalized spacial score (nSPS) is 15.1. The van der Waals surface area contributed by atoms with Gasteiger partial charge >= 0.3 is 0 Å². The van der Waals surface area contributed by atoms with Crippen LogP contribution in [0.3, 0.4) is 0 Å². The average Bonchev–Trinajstić information content (AvgIpc) is 2.81. The third kappa shape index (κ3) is 6.36. The molecule has 0 amide bonds. The lowest BCUT2D eigenvalue weighted by Gasteiger charge is -2.32. The van der Waals surface area contributed by atoms with E-state index in [-0.39, 0.29) is 0 Å². The van der Waals surface area contributed by atoms with Crippen molar-refractivity contribution < 1.29 is 4.74 Å². The Kier molecular flexibility index (Phi) is 7.41. The Hall–Kier alpha value is -2.78. The molecule has 1 aliphatic heterocycles. The summed E-state index contributed by atoms with van der Waals surface area (Å²) >= 11 is 0. The number of nitrogens with one attached hydrogen (secondary N) is 1. The maximum absolute atomic E-state index is 5.87. The standard InChI is InChI=1S/C27H32N2O/c1-3-7-24(8-4-1)21-29-19-16-23(17-20-29)15-18-28-26-11-13-27(14-12-26)30-22-25-9-5-2-6-10-25/h1-14,23,28H,15-22H2. The summed E-state index contributed by atoms with van der Waals surface area (Å²) in [6.07, 6.45) is 3.85. The molecule has 3 nitrogen and oxygen atoms in total. The topological polar surface area (TPSA) is 24.5 Å². The minimum absolute atomic E-state index is 0.608. The Labute approximate surface area is 180 Å². The Morgan fingerprint density at radius 2 is 1.40 bits per heavy atom. The molecule has 0 radical (unpaired) electrons. The molecule has 0 spiro atoms. The summed E-state index contributed by atoms with van der Waals surface area (Å²) in [7, 11) is 0. The summed E-state index contributed by atoms with van der Waals surface area (Å²) in [4.78, 5) is 2.59. The first-order chi connectivity index (χ1) is 14.8. The van der Waals surface area contributed by atoms with E-state index in [1.165, 1.54) is 49.2 Å². The van der Waals surface area contributed by atoms with Gasteiger partial charge in [0, 0.05) is 18.8 Å². The van der Waals surface area contributed by atoms with Crippen molar-refractivity contribution in [3.63, 3.8) is 0 Å². The van der Waals surface area contributed by atoms with E-state index in [1.54, 1.807) is 0 Å². The Morgan fingerprint density at radius 3 is 2.07 bits per heavy atom. The Bertz CT molecular complexity index is 856. The van der Waals surface area contributed by atoms with Crippen LogP contribution in [-0.4, -0.2) is 24.5 Å². The molecule has 1 heterocycles. The van der Waals surface area contributed by atoms with E-state index in [1.807, 2.05) is 30.3 Å². The lowest BCUT2D eigenvalue weighted by molar-refractivity contribution is 0.174. The van der Waals surface area contributed by atoms with Gasteiger partial charge in [-0.1, -0.05) is 60.7 Å². The molecular formula is C27H32N2O. The highest BCUT2D eigenvalue weighted by Gasteiger charge is 2.18. The van der Waals surface area contributed by atoms with Crippen molar-refractivity contribution in [2.24, 2.45) is 5.92 Å². The van der Waals surface area contributed by atoms with E-state index in [2.05, 4.69) is 64.8 Å². The highest BCUT2D eigenvalue weighted by Crippen LogP contribution is 2.23. The minimum atomic E-state index is 0.608. The van der Waals surface area contributed by atoms with Gasteiger partial charge in [-0.2, -0.15) is 0 Å². The van der Waals surface area contributed by atoms with Gasteiger partial charge < -0.3 is 10.1 Å². The zero-order valence-electron chi connectivity index (χ0n) is 17.7. The lowest BCUT2D eigenvalue weighted by atomic mass is 9.93. The Balaban J connectivity index is 1.13. The van der Waals surface area contributed by atoms with Gasteiger partial charge in [-0.3, -0.25) is 4.90 Å². The molecule has 0 atom stereocenters. The second kappa shape index (κ2) is 10.8. The van der Waals surface area contributed by atoms with Crippen molar-refractivity contribution in [1.29, 1.82) is 0 Å². The van der Waals surface area contributed by atoms with E-state index in [9.17, 15) is 0 Å². The number of hydrogen-bond acceptors (Lipinski definition) is 3. The SMILES string of the molecule is c1ccc(COc2ccc(NCCC3CCN(Cc4ccccc4)CC3)cc2)cc1. The number of benzene rings is 3. The summed E-state index contributed by atoms with van der Waals surface area (Å²) in [6.45, 7) is 5.16. The van der Waals surface area contributed by atoms with Gasteiger partial charge in [0.25, 0.3) is 0 Å². The van der Waals surface area contributed by atoms with Crippen LogP contribution in [0.4, 0.5) is 5.69 Å². The molecule has 3 heteroatoms. The predicted octanol–water partition coefficient (Wildman–Crippen LogP) is 5.98. The number of piperidine rings is 1. The molecule has 1 saturated heterocycles. The van der Waals surface area contributed by atoms with Gasteiger partial charge in [-0.05, 0) is 73.7 Å². The van der Waals surface area contributed by atoms with Crippen LogP contribution in [0.15, 0.2) is 84.9 Å². The van der Waals surface area contributed by atoms with Crippen LogP contribution in [0.5, 0.6) is 5.75 Å². The fraction of sp³-hybridized carbons (Fsp3) is 0.333. The molecule has 156 valence electrons. The minimum Gasteiger partial charge on any atom is -0.489 e. The highest BCUT2D eigenvalue weighted by molar-refractivity contribution is 5.46. The predicted molar refractivity (Wildman–Crippen MR) is 125 cm³/mol. The smallest absolute Gasteiger partial charge is 0.119 e. The fourth-order valence-corrected chi connectivity index (χ4v) is 4.11. The largest absolute Gasteiger partial charge is 0.489 e. The van der Waals surface area contributed by atoms with Crippen LogP contribution in [0.25, 0.3) is 0 Å². The zero-order valence-corrected chi connectivity index (χ0v) is 17.7. The third-order valence-corrected chi connectivity index (χ3v) is 5.94. The van der Waals surface area contributed by atoms with Crippen molar-refractivity contribution in [2.45, 2.75) is 32.4 Å². The van der Waals surface area contributed by atoms with Crippen LogP contribution in [0, 0.1) is 5.92 Å². The van der Waals surface area contributed by atoms with Gasteiger partial charge in [0.1, 0.15) is 12.4 Å². The number of nitrogens with zero attached hydrogens (tertiary/aromatic N) is 1. The molecule has 0 saturated carbocycles. The first-order valence-electron chi connectivity index (χ1n) is 11.1. The quantitative estimate of drug-likeness (QED) is 0.478. The zero-order chi connectivity index (χ0) is 20.4. The molecule has 30 heavy (non-hydrogen) atoms. The van der Waals surface area contributed by atoms with Crippen LogP contribution in [0.1, 0.15) is 30.4 Å². The number of anilines is 1. The first-order valence-corrected chi connectivity index (χ1v) is 11.1. The highest BCUT2D eigenvalue weighted by atomic mass is 16.5. The van der Waals surface area contributed by atoms with Crippen molar-refractivity contribution >= 4 is 5.69 Å². The van der Waals surface area contributed by atoms with Crippen molar-refractivity contribution in [1.82, 2.24) is 4.90 Å². The summed E-state index contributed by atoms with van der Waals surface area (Å²) < 4.78 is 5.87. The second-order valence-electron chi connectivity index (χ2n) is 8.22. The molecule has 0 bridgehead atoms.